The fourth-order valence-electron chi connectivity index (χ4n) is 4.47. The van der Waals surface area contributed by atoms with Crippen LogP contribution < -0.4 is 230 Å². The first-order chi connectivity index (χ1) is 21.2. The number of hydrogen-bond donors (Lipinski definition) is 1. The number of fused-ring (bicyclic) bond motifs is 2. The van der Waals surface area contributed by atoms with Crippen molar-refractivity contribution in [3.63, 3.8) is 0 Å². The molecule has 0 spiro atoms. The Kier molecular flexibility index (Phi) is 32.5. The molecule has 1 heterocycles. The van der Waals surface area contributed by atoms with E-state index in [1.54, 1.807) is 13.0 Å². The van der Waals surface area contributed by atoms with Gasteiger partial charge in [0.15, 0.2) is 5.75 Å². The second-order valence-electron chi connectivity index (χ2n) is 10.6. The number of rotatable bonds is 14. The minimum atomic E-state index is -5.87. The molecule has 52 heavy (non-hydrogen) atoms. The first kappa shape index (κ1) is 61.4. The topological polar surface area (TPSA) is 250 Å². The summed E-state index contributed by atoms with van der Waals surface area (Å²) in [6.07, 6.45) is 8.99. The molecular formula is C28H31N2Na6O13P3. The van der Waals surface area contributed by atoms with E-state index in [1.807, 2.05) is 20.8 Å². The van der Waals surface area contributed by atoms with Crippen LogP contribution in [0.2, 0.25) is 0 Å². The Morgan fingerprint density at radius 2 is 1.19 bits per heavy atom. The second kappa shape index (κ2) is 27.5. The Hall–Kier alpha value is 2.78. The minimum absolute atomic E-state index is 0. The predicted molar refractivity (Wildman–Crippen MR) is 158 cm³/mol. The zero-order valence-electron chi connectivity index (χ0n) is 31.3. The fourth-order valence-corrected chi connectivity index (χ4v) is 5.61. The van der Waals surface area contributed by atoms with Crippen LogP contribution in [0.1, 0.15) is 63.7 Å². The Labute approximate surface area is 436 Å². The minimum Gasteiger partial charge on any atom is -0.780 e. The molecule has 2 aromatic carbocycles. The molecule has 1 aliphatic rings. The second-order valence-corrected chi connectivity index (χ2v) is 13.8. The van der Waals surface area contributed by atoms with Gasteiger partial charge in [-0.25, -0.2) is 0 Å². The van der Waals surface area contributed by atoms with Gasteiger partial charge in [0, 0.05) is 18.7 Å². The first-order valence-corrected chi connectivity index (χ1v) is 18.1. The third-order valence-electron chi connectivity index (χ3n) is 6.48. The molecular weight excluding hydrogens is 803 g/mol. The van der Waals surface area contributed by atoms with Crippen molar-refractivity contribution < 1.29 is 239 Å². The molecule has 2 aromatic rings. The predicted octanol–water partition coefficient (Wildman–Crippen LogP) is -15.5. The maximum atomic E-state index is 13.9. The number of amides is 1. The molecule has 1 amide bonds. The number of hydrogen-bond acceptors (Lipinski definition) is 14. The van der Waals surface area contributed by atoms with Crippen LogP contribution in [0.5, 0.6) is 17.2 Å². The number of anilines is 3. The van der Waals surface area contributed by atoms with Gasteiger partial charge in [-0.1, -0.05) is 41.0 Å². The van der Waals surface area contributed by atoms with Crippen molar-refractivity contribution in [2.75, 3.05) is 16.8 Å². The average Bonchev–Trinajstić information content (AvgIpc) is 2.99. The molecule has 252 valence electrons. The van der Waals surface area contributed by atoms with Crippen molar-refractivity contribution >= 4 is 46.4 Å². The summed E-state index contributed by atoms with van der Waals surface area (Å²) in [5.74, 6) is -3.21. The van der Waals surface area contributed by atoms with E-state index >= 15 is 0 Å². The molecule has 1 N–H and O–H groups in total. The van der Waals surface area contributed by atoms with Crippen LogP contribution in [-0.4, -0.2) is 12.5 Å². The van der Waals surface area contributed by atoms with E-state index in [4.69, 9.17) is 0 Å². The van der Waals surface area contributed by atoms with Crippen molar-refractivity contribution in [3.05, 3.63) is 70.8 Å². The van der Waals surface area contributed by atoms with E-state index in [2.05, 4.69) is 31.0 Å². The van der Waals surface area contributed by atoms with E-state index < -0.39 is 58.0 Å². The molecule has 24 heteroatoms. The number of carbonyl (C=O) groups is 1. The van der Waals surface area contributed by atoms with Gasteiger partial charge in [-0.3, -0.25) is 4.79 Å². The molecule has 0 aliphatic carbocycles. The Bertz CT molecular complexity index is 1720. The number of allylic oxidation sites excluding steroid dienone is 5. The summed E-state index contributed by atoms with van der Waals surface area (Å²) >= 11 is 0. The van der Waals surface area contributed by atoms with Crippen molar-refractivity contribution in [3.8, 4) is 17.2 Å². The summed E-state index contributed by atoms with van der Waals surface area (Å²) in [4.78, 5) is 83.9. The van der Waals surface area contributed by atoms with Gasteiger partial charge in [-0.05, 0) is 65.5 Å². The number of para-hydroxylation sites is 1. The van der Waals surface area contributed by atoms with Gasteiger partial charge in [0.2, 0.25) is 0 Å². The Morgan fingerprint density at radius 3 is 1.71 bits per heavy atom. The van der Waals surface area contributed by atoms with Crippen LogP contribution in [0, 0.1) is 0 Å². The summed E-state index contributed by atoms with van der Waals surface area (Å²) in [6, 6.07) is 4.98. The standard InChI is InChI=1S/C28H37N2O13P3.6Na/c1-18(2)8-5-9-19(3)10-6-11-20(4)14-15-30-23-16-21(41-44(32,33)34)17-25(43-46(38,39)40)27(23)29-26-22(28(30)31)12-7-13-24(26)42-45(35,36)37;;;;;;/h7-8,10,12-14,16-17,29H,5-6,9,11,15H2,1-4H3,(H2,32,33,34)(H2,35,36,37)(H2,38,39,40);;;;;;/q;6*+1/p-6/b19-10+,20-14+;;;;;;. The van der Waals surface area contributed by atoms with Crippen LogP contribution in [0.15, 0.2) is 65.3 Å². The molecule has 0 saturated carbocycles. The van der Waals surface area contributed by atoms with E-state index in [0.717, 1.165) is 35.4 Å². The van der Waals surface area contributed by atoms with Crippen molar-refractivity contribution in [1.29, 1.82) is 0 Å². The summed E-state index contributed by atoms with van der Waals surface area (Å²) in [6.45, 7) is 7.66. The SMILES string of the molecule is CC(C)=CCC/C(C)=C/CC/C(C)=C/CN1C(=O)c2cccc(OP(=O)([O-])[O-])c2Nc2c(OP(=O)([O-])[O-])cc(OP(=O)([O-])[O-])cc21.[Na+].[Na+].[Na+].[Na+].[Na+].[Na+]. The Morgan fingerprint density at radius 1 is 0.692 bits per heavy atom. The third kappa shape index (κ3) is 21.7. The van der Waals surface area contributed by atoms with Crippen LogP contribution in [0.25, 0.3) is 0 Å². The molecule has 15 nitrogen and oxygen atoms in total. The molecule has 0 radical (unpaired) electrons. The number of phosphoric acid groups is 3. The zero-order chi connectivity index (χ0) is 34.4. The quantitative estimate of drug-likeness (QED) is 0.106. The molecule has 0 saturated heterocycles. The summed E-state index contributed by atoms with van der Waals surface area (Å²) in [7, 11) is -17.3. The summed E-state index contributed by atoms with van der Waals surface area (Å²) in [5, 5.41) is 2.57. The Balaban J connectivity index is -0.00000192. The number of nitrogens with one attached hydrogen (secondary N) is 1. The molecule has 0 fully saturated rings. The van der Waals surface area contributed by atoms with Gasteiger partial charge >= 0.3 is 177 Å². The van der Waals surface area contributed by atoms with Gasteiger partial charge < -0.3 is 66.8 Å². The van der Waals surface area contributed by atoms with Crippen LogP contribution in [0.4, 0.5) is 17.1 Å². The number of benzene rings is 2. The maximum Gasteiger partial charge on any atom is 1.00 e. The van der Waals surface area contributed by atoms with Gasteiger partial charge in [0.25, 0.3) is 5.91 Å². The van der Waals surface area contributed by atoms with Gasteiger partial charge in [0.1, 0.15) is 40.7 Å². The molecule has 0 bridgehead atoms. The third-order valence-corrected chi connectivity index (χ3v) is 7.76. The molecule has 0 aromatic heterocycles. The van der Waals surface area contributed by atoms with Crippen molar-refractivity contribution in [1.82, 2.24) is 0 Å². The zero-order valence-corrected chi connectivity index (χ0v) is 45.9. The van der Waals surface area contributed by atoms with Crippen LogP contribution in [0.3, 0.4) is 0 Å². The number of carbonyl (C=O) groups excluding carboxylic acids is 1. The number of phosphoric ester groups is 3. The molecule has 0 atom stereocenters. The molecule has 0 unspecified atom stereocenters. The van der Waals surface area contributed by atoms with Crippen molar-refractivity contribution in [2.24, 2.45) is 0 Å². The monoisotopic (exact) mass is 834 g/mol. The average molecular weight is 834 g/mol. The summed E-state index contributed by atoms with van der Waals surface area (Å²) in [5.41, 5.74) is 1.80. The van der Waals surface area contributed by atoms with Gasteiger partial charge in [-0.15, -0.1) is 0 Å². The van der Waals surface area contributed by atoms with E-state index in [1.165, 1.54) is 23.3 Å². The van der Waals surface area contributed by atoms with Crippen molar-refractivity contribution in [2.45, 2.75) is 53.4 Å². The van der Waals surface area contributed by atoms with Gasteiger partial charge in [-0.2, -0.15) is 0 Å². The van der Waals surface area contributed by atoms with Gasteiger partial charge in [0.05, 0.1) is 16.9 Å². The normalized spacial score (nSPS) is 12.5. The largest absolute Gasteiger partial charge is 1.00 e. The molecule has 1 aliphatic heterocycles. The van der Waals surface area contributed by atoms with E-state index in [9.17, 15) is 47.9 Å². The van der Waals surface area contributed by atoms with Crippen LogP contribution >= 0.6 is 23.5 Å². The fraction of sp³-hybridized carbons (Fsp3) is 0.321. The summed E-state index contributed by atoms with van der Waals surface area (Å²) < 4.78 is 47.9. The van der Waals surface area contributed by atoms with E-state index in [0.29, 0.717) is 18.9 Å². The first-order valence-electron chi connectivity index (χ1n) is 13.7. The van der Waals surface area contributed by atoms with E-state index in [-0.39, 0.29) is 195 Å². The smallest absolute Gasteiger partial charge is 0.780 e. The maximum absolute atomic E-state index is 13.9. The molecule has 3 rings (SSSR count). The van der Waals surface area contributed by atoms with Crippen LogP contribution in [-0.2, 0) is 13.7 Å². The number of nitrogens with zero attached hydrogens (tertiary/aromatic N) is 1.